The van der Waals surface area contributed by atoms with E-state index in [0.29, 0.717) is 11.1 Å². The first-order valence-corrected chi connectivity index (χ1v) is 18.8. The van der Waals surface area contributed by atoms with E-state index >= 15 is 0 Å². The average molecular weight is 739 g/mol. The molecule has 1 saturated carbocycles. The zero-order valence-electron chi connectivity index (χ0n) is 26.4. The number of carbonyl (C=O) groups excluding carboxylic acids is 2. The van der Waals surface area contributed by atoms with Crippen LogP contribution in [-0.4, -0.2) is 95.5 Å². The normalized spacial score (nSPS) is 24.4. The highest BCUT2D eigenvalue weighted by Gasteiger charge is 2.47. The number of anilines is 1. The molecule has 1 saturated heterocycles. The molecule has 0 radical (unpaired) electrons. The summed E-state index contributed by atoms with van der Waals surface area (Å²) < 4.78 is 80.3. The smallest absolute Gasteiger partial charge is 0.351 e. The summed E-state index contributed by atoms with van der Waals surface area (Å²) in [6.45, 7) is 4.25. The van der Waals surface area contributed by atoms with Crippen LogP contribution in [0.1, 0.15) is 52.3 Å². The number of hydrogen-bond acceptors (Lipinski definition) is 15. The number of sulfone groups is 1. The van der Waals surface area contributed by atoms with Crippen LogP contribution in [0.5, 0.6) is 0 Å². The lowest BCUT2D eigenvalue weighted by Crippen LogP contribution is -2.36. The minimum absolute atomic E-state index is 0.0212. The average Bonchev–Trinajstić information content (AvgIpc) is 3.51. The van der Waals surface area contributed by atoms with Gasteiger partial charge in [-0.2, -0.15) is 5.26 Å². The molecule has 3 N–H and O–H groups in total. The summed E-state index contributed by atoms with van der Waals surface area (Å²) in [6, 6.07) is 3.26. The van der Waals surface area contributed by atoms with Gasteiger partial charge in [-0.05, 0) is 18.9 Å². The molecule has 2 fully saturated rings. The number of aliphatic hydroxyl groups excluding tert-OH is 2. The van der Waals surface area contributed by atoms with Crippen molar-refractivity contribution in [1.29, 1.82) is 5.26 Å². The highest BCUT2D eigenvalue weighted by molar-refractivity contribution is 7.97. The van der Waals surface area contributed by atoms with Crippen LogP contribution in [0.15, 0.2) is 12.3 Å². The quantitative estimate of drug-likeness (QED) is 0.103. The summed E-state index contributed by atoms with van der Waals surface area (Å²) in [7, 11) is -9.16. The molecule has 0 spiro atoms. The number of pyridine rings is 1. The number of nitrogens with one attached hydrogen (secondary N) is 1. The Kier molecular flexibility index (Phi) is 12.1. The number of ether oxygens (including phenoxy) is 3. The number of hydrogen-bond donors (Lipinski definition) is 3. The van der Waals surface area contributed by atoms with Crippen molar-refractivity contribution in [3.05, 3.63) is 23.0 Å². The Hall–Kier alpha value is -2.88. The fourth-order valence-corrected chi connectivity index (χ4v) is 9.32. The lowest BCUT2D eigenvalue weighted by molar-refractivity contribution is -0.156. The molecule has 20 heteroatoms. The van der Waals surface area contributed by atoms with E-state index in [0.717, 1.165) is 0 Å². The third-order valence-corrected chi connectivity index (χ3v) is 12.5. The van der Waals surface area contributed by atoms with Gasteiger partial charge in [0, 0.05) is 17.6 Å². The number of fused-ring (bicyclic) bond motifs is 1. The fraction of sp³-hybridized carbons (Fsp3) is 0.643. The molecule has 1 aliphatic heterocycles. The number of nitrogens with zero attached hydrogens (tertiary/aromatic N) is 3. The predicted octanol–water partition coefficient (Wildman–Crippen LogP) is 3.00. The molecule has 2 aliphatic rings. The molecule has 266 valence electrons. The molecule has 0 amide bonds. The van der Waals surface area contributed by atoms with Gasteiger partial charge in [0.2, 0.25) is 13.6 Å². The van der Waals surface area contributed by atoms with Crippen molar-refractivity contribution in [2.24, 2.45) is 11.8 Å². The van der Waals surface area contributed by atoms with Gasteiger partial charge in [0.05, 0.1) is 23.3 Å². The monoisotopic (exact) mass is 738 g/mol. The number of aromatic nitrogens is 2. The second kappa shape index (κ2) is 15.3. The molecule has 0 unspecified atom stereocenters. The Morgan fingerprint density at radius 3 is 2.27 bits per heavy atom. The Morgan fingerprint density at radius 2 is 1.75 bits per heavy atom. The number of aliphatic hydroxyl groups is 2. The van der Waals surface area contributed by atoms with Gasteiger partial charge in [0.25, 0.3) is 0 Å². The van der Waals surface area contributed by atoms with Crippen molar-refractivity contribution in [1.82, 2.24) is 9.55 Å². The van der Waals surface area contributed by atoms with Crippen molar-refractivity contribution >= 4 is 57.7 Å². The molecule has 1 aliphatic carbocycles. The van der Waals surface area contributed by atoms with E-state index in [1.165, 1.54) is 38.5 Å². The van der Waals surface area contributed by atoms with Gasteiger partial charge in [-0.1, -0.05) is 39.3 Å². The van der Waals surface area contributed by atoms with Crippen molar-refractivity contribution in [3.63, 3.8) is 0 Å². The second-order valence-electron chi connectivity index (χ2n) is 12.1. The van der Waals surface area contributed by atoms with Gasteiger partial charge >= 0.3 is 19.5 Å². The molecule has 16 nitrogen and oxygen atoms in total. The number of esters is 2. The van der Waals surface area contributed by atoms with E-state index in [4.69, 9.17) is 34.9 Å². The number of nitriles is 1. The van der Waals surface area contributed by atoms with Crippen LogP contribution in [0.25, 0.3) is 11.0 Å². The second-order valence-corrected chi connectivity index (χ2v) is 17.0. The third kappa shape index (κ3) is 8.82. The van der Waals surface area contributed by atoms with Crippen LogP contribution >= 0.6 is 19.2 Å². The molecule has 2 aromatic heterocycles. The van der Waals surface area contributed by atoms with Crippen molar-refractivity contribution in [2.45, 2.75) is 77.3 Å². The molecular formula is C28H37ClFN4O12PS. The lowest BCUT2D eigenvalue weighted by atomic mass is 9.90. The molecule has 48 heavy (non-hydrogen) atoms. The van der Waals surface area contributed by atoms with Crippen LogP contribution in [0.4, 0.5) is 10.1 Å². The SMILES string of the molecule is CC(C)C(=O)OCOP(=O)(CS(=O)(=O)C[C@H]1O[C@@H](n2ccc3c(N[C@H]4C[C@@H](F)C4)c(C#N)c(Cl)nc32)[C@H](O)[C@@H]1O)OCOC(=O)C(C)C. The number of halogens is 2. The van der Waals surface area contributed by atoms with Gasteiger partial charge in [-0.3, -0.25) is 23.2 Å². The van der Waals surface area contributed by atoms with Crippen molar-refractivity contribution in [3.8, 4) is 6.07 Å². The summed E-state index contributed by atoms with van der Waals surface area (Å²) in [6.07, 6.45) is -5.46. The summed E-state index contributed by atoms with van der Waals surface area (Å²) in [5.74, 6) is -3.57. The van der Waals surface area contributed by atoms with Crippen LogP contribution in [-0.2, 0) is 47.2 Å². The number of rotatable bonds is 15. The molecule has 4 atom stereocenters. The summed E-state index contributed by atoms with van der Waals surface area (Å²) >= 11 is 6.30. The van der Waals surface area contributed by atoms with Gasteiger partial charge in [-0.25, -0.2) is 17.8 Å². The lowest BCUT2D eigenvalue weighted by Gasteiger charge is -2.31. The fourth-order valence-electron chi connectivity index (χ4n) is 4.88. The summed E-state index contributed by atoms with van der Waals surface area (Å²) in [5.41, 5.74) is -0.852. The topological polar surface area (TPSA) is 226 Å². The number of alkyl halides is 1. The minimum Gasteiger partial charge on any atom is -0.438 e. The highest BCUT2D eigenvalue weighted by atomic mass is 35.5. The van der Waals surface area contributed by atoms with Gasteiger partial charge < -0.3 is 34.3 Å². The highest BCUT2D eigenvalue weighted by Crippen LogP contribution is 2.50. The maximum atomic E-state index is 13.5. The summed E-state index contributed by atoms with van der Waals surface area (Å²) in [5, 5.41) is 34.7. The first-order chi connectivity index (χ1) is 22.4. The Labute approximate surface area is 280 Å². The van der Waals surface area contributed by atoms with Crippen molar-refractivity contribution < 1.29 is 60.4 Å². The van der Waals surface area contributed by atoms with E-state index in [9.17, 15) is 42.4 Å². The largest absolute Gasteiger partial charge is 0.438 e. The van der Waals surface area contributed by atoms with Crippen LogP contribution in [0.3, 0.4) is 0 Å². The maximum absolute atomic E-state index is 13.5. The molecule has 0 aromatic carbocycles. The summed E-state index contributed by atoms with van der Waals surface area (Å²) in [4.78, 5) is 27.9. The van der Waals surface area contributed by atoms with Crippen LogP contribution < -0.4 is 5.32 Å². The van der Waals surface area contributed by atoms with E-state index in [1.54, 1.807) is 6.07 Å². The Balaban J connectivity index is 1.52. The van der Waals surface area contributed by atoms with Gasteiger partial charge in [-0.15, -0.1) is 0 Å². The zero-order chi connectivity index (χ0) is 35.6. The van der Waals surface area contributed by atoms with E-state index in [1.807, 2.05) is 6.07 Å². The Morgan fingerprint density at radius 1 is 1.17 bits per heavy atom. The van der Waals surface area contributed by atoms with Crippen molar-refractivity contribution in [2.75, 3.05) is 30.1 Å². The molecular weight excluding hydrogens is 702 g/mol. The van der Waals surface area contributed by atoms with Gasteiger partial charge in [0.1, 0.15) is 41.8 Å². The van der Waals surface area contributed by atoms with Gasteiger partial charge in [0.15, 0.2) is 26.7 Å². The molecule has 0 bridgehead atoms. The maximum Gasteiger partial charge on any atom is 0.351 e. The minimum atomic E-state index is -4.66. The van der Waals surface area contributed by atoms with Crippen LogP contribution in [0, 0.1) is 23.2 Å². The predicted molar refractivity (Wildman–Crippen MR) is 167 cm³/mol. The molecule has 3 heterocycles. The van der Waals surface area contributed by atoms with E-state index < -0.39 is 96.8 Å². The molecule has 4 rings (SSSR count). The molecule has 2 aromatic rings. The van der Waals surface area contributed by atoms with Crippen LogP contribution in [0.2, 0.25) is 5.15 Å². The first-order valence-electron chi connectivity index (χ1n) is 14.9. The van der Waals surface area contributed by atoms with E-state index in [2.05, 4.69) is 10.3 Å². The van der Waals surface area contributed by atoms with E-state index in [-0.39, 0.29) is 35.2 Å². The first kappa shape index (κ1) is 37.9. The standard InChI is InChI=1S/C28H37ClFN4O12PS/c1-14(2)27(37)42-11-44-47(39,45-12-43-28(38)15(3)4)13-48(40,41)10-20-22(35)23(36)26(46-20)34-6-5-18-21(32-17-7-16(30)8-17)19(9-31)24(29)33-25(18)34/h5-6,14-17,20,22-23,26,35-36H,7-8,10-13H2,1-4H3,(H,32,33)/t16-,17+,20-,22-,23-,26-/m1/s1. The Bertz CT molecular complexity index is 1680. The number of carbonyl (C=O) groups is 2. The third-order valence-electron chi connectivity index (χ3n) is 7.59. The zero-order valence-corrected chi connectivity index (χ0v) is 28.9.